The van der Waals surface area contributed by atoms with Crippen LogP contribution in [0.15, 0.2) is 91.0 Å². The highest BCUT2D eigenvalue weighted by molar-refractivity contribution is 8.00. The van der Waals surface area contributed by atoms with E-state index >= 15 is 0 Å². The fourth-order valence-electron chi connectivity index (χ4n) is 4.76. The molecule has 46 heavy (non-hydrogen) atoms. The van der Waals surface area contributed by atoms with Crippen molar-refractivity contribution < 1.29 is 29.0 Å². The number of nitrogens with one attached hydrogen (secondary N) is 3. The number of thioether (sulfide) groups is 1. The third kappa shape index (κ3) is 10.7. The van der Waals surface area contributed by atoms with Crippen molar-refractivity contribution in [3.05, 3.63) is 108 Å². The normalized spacial score (nSPS) is 13.0. The van der Waals surface area contributed by atoms with Crippen LogP contribution >= 0.6 is 11.8 Å². The standard InChI is InChI=1S/C35H44N4O6S/c1-34(2,3)45-23-28(37-30(40)22-39(4)5)33(44)38-29(32(43)36-21-31(41)42)24-46-35(25-15-9-6-10-16-25,26-17-11-7-12-18-26)27-19-13-8-14-20-27/h6-20,28-29H,21-24H2,1-5H3,(H,36,43)(H,37,40)(H,38,44)(H,41,42). The Morgan fingerprint density at radius 2 is 1.24 bits per heavy atom. The number of carbonyl (C=O) groups is 4. The van der Waals surface area contributed by atoms with Gasteiger partial charge in [0, 0.05) is 5.75 Å². The van der Waals surface area contributed by atoms with Crippen LogP contribution in [-0.4, -0.2) is 90.9 Å². The van der Waals surface area contributed by atoms with Gasteiger partial charge in [-0.05, 0) is 51.6 Å². The van der Waals surface area contributed by atoms with Gasteiger partial charge in [-0.25, -0.2) is 0 Å². The number of amides is 3. The fraction of sp³-hybridized carbons (Fsp3) is 0.371. The van der Waals surface area contributed by atoms with E-state index in [1.165, 1.54) is 11.8 Å². The molecule has 246 valence electrons. The molecule has 0 aromatic heterocycles. The lowest BCUT2D eigenvalue weighted by atomic mass is 9.84. The summed E-state index contributed by atoms with van der Waals surface area (Å²) < 4.78 is 5.06. The summed E-state index contributed by atoms with van der Waals surface area (Å²) in [6, 6.07) is 27.4. The van der Waals surface area contributed by atoms with Crippen LogP contribution in [0.5, 0.6) is 0 Å². The molecule has 3 rings (SSSR count). The number of aliphatic carboxylic acids is 1. The van der Waals surface area contributed by atoms with Crippen molar-refractivity contribution in [2.24, 2.45) is 0 Å². The van der Waals surface area contributed by atoms with Gasteiger partial charge in [0.25, 0.3) is 0 Å². The molecule has 10 nitrogen and oxygen atoms in total. The molecule has 2 atom stereocenters. The molecule has 4 N–H and O–H groups in total. The Bertz CT molecular complexity index is 1340. The van der Waals surface area contributed by atoms with Gasteiger partial charge in [-0.2, -0.15) is 0 Å². The number of hydrogen-bond acceptors (Lipinski definition) is 7. The number of carboxylic acids is 1. The molecule has 3 aromatic rings. The minimum atomic E-state index is -1.22. The van der Waals surface area contributed by atoms with E-state index in [0.717, 1.165) is 16.7 Å². The summed E-state index contributed by atoms with van der Waals surface area (Å²) in [5, 5.41) is 17.2. The zero-order chi connectivity index (χ0) is 33.7. The van der Waals surface area contributed by atoms with Gasteiger partial charge >= 0.3 is 5.97 Å². The Morgan fingerprint density at radius 3 is 1.65 bits per heavy atom. The molecule has 0 aliphatic carbocycles. The monoisotopic (exact) mass is 648 g/mol. The van der Waals surface area contributed by atoms with E-state index in [0.29, 0.717) is 0 Å². The quantitative estimate of drug-likeness (QED) is 0.174. The van der Waals surface area contributed by atoms with Crippen LogP contribution < -0.4 is 16.0 Å². The SMILES string of the molecule is CN(C)CC(=O)NC(COC(C)(C)C)C(=O)NC(CSC(c1ccccc1)(c1ccccc1)c1ccccc1)C(=O)NCC(=O)O. The third-order valence-corrected chi connectivity index (χ3v) is 8.49. The summed E-state index contributed by atoms with van der Waals surface area (Å²) in [4.78, 5) is 52.9. The highest BCUT2D eigenvalue weighted by Crippen LogP contribution is 2.48. The smallest absolute Gasteiger partial charge is 0.322 e. The van der Waals surface area contributed by atoms with Gasteiger partial charge in [-0.15, -0.1) is 11.8 Å². The van der Waals surface area contributed by atoms with Crippen LogP contribution in [0.1, 0.15) is 37.5 Å². The molecule has 3 amide bonds. The largest absolute Gasteiger partial charge is 0.480 e. The highest BCUT2D eigenvalue weighted by Gasteiger charge is 2.39. The minimum absolute atomic E-state index is 0.0470. The second-order valence-electron chi connectivity index (χ2n) is 12.0. The maximum atomic E-state index is 13.7. The molecular formula is C35H44N4O6S. The Balaban J connectivity index is 2.02. The van der Waals surface area contributed by atoms with Crippen molar-refractivity contribution in [1.29, 1.82) is 0 Å². The van der Waals surface area contributed by atoms with E-state index in [2.05, 4.69) is 16.0 Å². The average molecular weight is 649 g/mol. The van der Waals surface area contributed by atoms with Gasteiger partial charge in [-0.3, -0.25) is 19.2 Å². The second-order valence-corrected chi connectivity index (χ2v) is 13.3. The van der Waals surface area contributed by atoms with Crippen molar-refractivity contribution in [1.82, 2.24) is 20.9 Å². The molecule has 11 heteroatoms. The molecule has 0 radical (unpaired) electrons. The molecule has 0 saturated carbocycles. The van der Waals surface area contributed by atoms with Gasteiger partial charge in [0.2, 0.25) is 17.7 Å². The Morgan fingerprint density at radius 1 is 0.761 bits per heavy atom. The highest BCUT2D eigenvalue weighted by atomic mass is 32.2. The molecule has 0 aliphatic rings. The molecule has 0 saturated heterocycles. The van der Waals surface area contributed by atoms with Crippen LogP contribution in [0.25, 0.3) is 0 Å². The van der Waals surface area contributed by atoms with Crippen molar-refractivity contribution in [3.63, 3.8) is 0 Å². The van der Waals surface area contributed by atoms with Crippen molar-refractivity contribution in [2.75, 3.05) is 39.5 Å². The third-order valence-electron chi connectivity index (χ3n) is 6.85. The first-order valence-corrected chi connectivity index (χ1v) is 16.0. The van der Waals surface area contributed by atoms with Gasteiger partial charge in [0.15, 0.2) is 0 Å². The molecule has 0 fully saturated rings. The molecule has 0 aliphatic heterocycles. The zero-order valence-electron chi connectivity index (χ0n) is 27.0. The predicted octanol–water partition coefficient (Wildman–Crippen LogP) is 3.26. The van der Waals surface area contributed by atoms with Gasteiger partial charge < -0.3 is 30.7 Å². The predicted molar refractivity (Wildman–Crippen MR) is 180 cm³/mol. The Kier molecular flexibility index (Phi) is 13.4. The number of nitrogens with zero attached hydrogens (tertiary/aromatic N) is 1. The van der Waals surface area contributed by atoms with Crippen molar-refractivity contribution in [2.45, 2.75) is 43.2 Å². The fourth-order valence-corrected chi connectivity index (χ4v) is 6.32. The Labute approximate surface area is 275 Å². The molecule has 0 bridgehead atoms. The van der Waals surface area contributed by atoms with Crippen molar-refractivity contribution >= 4 is 35.5 Å². The maximum absolute atomic E-state index is 13.7. The molecular weight excluding hydrogens is 604 g/mol. The average Bonchev–Trinajstić information content (AvgIpc) is 3.02. The molecule has 3 aromatic carbocycles. The van der Waals surface area contributed by atoms with Crippen LogP contribution in [0.4, 0.5) is 0 Å². The number of carboxylic acid groups (broad SMARTS) is 1. The van der Waals surface area contributed by atoms with Crippen LogP contribution in [0.2, 0.25) is 0 Å². The van der Waals surface area contributed by atoms with E-state index < -0.39 is 46.8 Å². The summed E-state index contributed by atoms with van der Waals surface area (Å²) in [6.07, 6.45) is 0. The summed E-state index contributed by atoms with van der Waals surface area (Å²) in [7, 11) is 3.47. The molecule has 0 spiro atoms. The summed E-state index contributed by atoms with van der Waals surface area (Å²) in [6.45, 7) is 4.79. The lowest BCUT2D eigenvalue weighted by Crippen LogP contribution is -2.57. The minimum Gasteiger partial charge on any atom is -0.480 e. The number of hydrogen-bond donors (Lipinski definition) is 4. The zero-order valence-corrected chi connectivity index (χ0v) is 27.8. The molecule has 2 unspecified atom stereocenters. The number of rotatable bonds is 16. The first-order chi connectivity index (χ1) is 21.8. The Hall–Kier alpha value is -4.19. The topological polar surface area (TPSA) is 137 Å². The second kappa shape index (κ2) is 16.9. The van der Waals surface area contributed by atoms with Gasteiger partial charge in [0.05, 0.1) is 23.5 Å². The van der Waals surface area contributed by atoms with Crippen molar-refractivity contribution in [3.8, 4) is 0 Å². The first kappa shape index (κ1) is 36.3. The summed E-state index contributed by atoms with van der Waals surface area (Å²) in [5.41, 5.74) is 2.28. The van der Waals surface area contributed by atoms with E-state index in [-0.39, 0.29) is 24.8 Å². The summed E-state index contributed by atoms with van der Waals surface area (Å²) in [5.74, 6) is -2.83. The maximum Gasteiger partial charge on any atom is 0.322 e. The number of benzene rings is 3. The lowest BCUT2D eigenvalue weighted by molar-refractivity contribution is -0.138. The number of likely N-dealkylation sites (N-methyl/N-ethyl adjacent to an activating group) is 1. The lowest BCUT2D eigenvalue weighted by Gasteiger charge is -2.36. The van der Waals surface area contributed by atoms with E-state index in [1.54, 1.807) is 19.0 Å². The van der Waals surface area contributed by atoms with Gasteiger partial charge in [0.1, 0.15) is 18.6 Å². The first-order valence-electron chi connectivity index (χ1n) is 15.0. The van der Waals surface area contributed by atoms with Crippen LogP contribution in [0.3, 0.4) is 0 Å². The van der Waals surface area contributed by atoms with Gasteiger partial charge in [-0.1, -0.05) is 91.0 Å². The van der Waals surface area contributed by atoms with Crippen LogP contribution in [0, 0.1) is 0 Å². The number of carbonyl (C=O) groups excluding carboxylic acids is 3. The summed E-state index contributed by atoms with van der Waals surface area (Å²) >= 11 is 1.44. The van der Waals surface area contributed by atoms with E-state index in [1.807, 2.05) is 112 Å². The van der Waals surface area contributed by atoms with Crippen LogP contribution in [-0.2, 0) is 28.7 Å². The van der Waals surface area contributed by atoms with E-state index in [9.17, 15) is 24.3 Å². The van der Waals surface area contributed by atoms with E-state index in [4.69, 9.17) is 4.74 Å². The number of ether oxygens (including phenoxy) is 1. The molecule has 0 heterocycles.